The zero-order valence-electron chi connectivity index (χ0n) is 10.9. The molecule has 1 aromatic carbocycles. The number of fused-ring (bicyclic) bond motifs is 1. The van der Waals surface area contributed by atoms with Crippen LogP contribution in [-0.4, -0.2) is 24.6 Å². The maximum atomic E-state index is 4.29. The third kappa shape index (κ3) is 3.14. The predicted octanol–water partition coefficient (Wildman–Crippen LogP) is 2.87. The molecule has 2 aromatic rings. The Hall–Kier alpha value is -1.39. The number of thiazole rings is 1. The number of anilines is 1. The minimum Gasteiger partial charge on any atom is -0.384 e. The van der Waals surface area contributed by atoms with Gasteiger partial charge in [-0.2, -0.15) is 0 Å². The van der Waals surface area contributed by atoms with Crippen molar-refractivity contribution in [1.29, 1.82) is 0 Å². The molecule has 19 heavy (non-hydrogen) atoms. The molecular formula is C15H19N3S. The lowest BCUT2D eigenvalue weighted by Crippen LogP contribution is -2.20. The highest BCUT2D eigenvalue weighted by Crippen LogP contribution is 2.32. The molecule has 0 saturated carbocycles. The van der Waals surface area contributed by atoms with Crippen molar-refractivity contribution in [2.24, 2.45) is 0 Å². The molecule has 2 N–H and O–H groups in total. The van der Waals surface area contributed by atoms with Crippen molar-refractivity contribution in [3.63, 3.8) is 0 Å². The summed E-state index contributed by atoms with van der Waals surface area (Å²) in [7, 11) is 0. The summed E-state index contributed by atoms with van der Waals surface area (Å²) in [6, 6.07) is 8.65. The van der Waals surface area contributed by atoms with Gasteiger partial charge in [0.25, 0.3) is 0 Å². The van der Waals surface area contributed by atoms with E-state index in [1.807, 2.05) is 11.6 Å². The first-order chi connectivity index (χ1) is 9.43. The zero-order chi connectivity index (χ0) is 12.9. The van der Waals surface area contributed by atoms with Gasteiger partial charge in [-0.1, -0.05) is 18.2 Å². The molecule has 1 unspecified atom stereocenters. The number of hydrogen-bond donors (Lipinski definition) is 2. The lowest BCUT2D eigenvalue weighted by Gasteiger charge is -2.10. The maximum Gasteiger partial charge on any atom is 0.0937 e. The number of hydrogen-bond acceptors (Lipinski definition) is 4. The van der Waals surface area contributed by atoms with Gasteiger partial charge in [-0.15, -0.1) is 11.3 Å². The second-order valence-electron chi connectivity index (χ2n) is 4.88. The van der Waals surface area contributed by atoms with Gasteiger partial charge in [-0.3, -0.25) is 0 Å². The monoisotopic (exact) mass is 273 g/mol. The predicted molar refractivity (Wildman–Crippen MR) is 81.0 cm³/mol. The summed E-state index contributed by atoms with van der Waals surface area (Å²) in [5.74, 6) is 0.656. The van der Waals surface area contributed by atoms with Crippen LogP contribution in [-0.2, 0) is 6.42 Å². The average Bonchev–Trinajstić information content (AvgIpc) is 3.08. The lowest BCUT2D eigenvalue weighted by molar-refractivity contribution is 0.593. The topological polar surface area (TPSA) is 37.0 Å². The van der Waals surface area contributed by atoms with Crippen molar-refractivity contribution in [1.82, 2.24) is 10.3 Å². The van der Waals surface area contributed by atoms with Crippen LogP contribution in [0.1, 0.15) is 22.9 Å². The molecule has 1 aromatic heterocycles. The number of rotatable bonds is 6. The first-order valence-electron chi connectivity index (χ1n) is 6.85. The molecule has 3 rings (SSSR count). The van der Waals surface area contributed by atoms with Gasteiger partial charge < -0.3 is 10.6 Å². The van der Waals surface area contributed by atoms with Crippen molar-refractivity contribution < 1.29 is 0 Å². The number of nitrogens with one attached hydrogen (secondary N) is 2. The molecule has 1 atom stereocenters. The van der Waals surface area contributed by atoms with E-state index in [2.05, 4.69) is 39.9 Å². The van der Waals surface area contributed by atoms with Crippen LogP contribution in [0, 0.1) is 0 Å². The minimum atomic E-state index is 0.656. The lowest BCUT2D eigenvalue weighted by atomic mass is 9.98. The molecule has 0 radical (unpaired) electrons. The molecule has 2 heterocycles. The molecule has 0 fully saturated rings. The average molecular weight is 273 g/mol. The second-order valence-corrected chi connectivity index (χ2v) is 5.86. The summed E-state index contributed by atoms with van der Waals surface area (Å²) in [6.07, 6.45) is 4.11. The summed E-state index contributed by atoms with van der Waals surface area (Å²) in [5, 5.41) is 10.3. The van der Waals surface area contributed by atoms with Crippen LogP contribution in [0.3, 0.4) is 0 Å². The fourth-order valence-electron chi connectivity index (χ4n) is 2.59. The molecule has 0 aliphatic carbocycles. The van der Waals surface area contributed by atoms with E-state index in [4.69, 9.17) is 0 Å². The SMILES string of the molecule is c1ccc2c(c1)NCC2CCNCCc1nccs1. The van der Waals surface area contributed by atoms with Gasteiger partial charge in [0.2, 0.25) is 0 Å². The summed E-state index contributed by atoms with van der Waals surface area (Å²) in [6.45, 7) is 3.18. The van der Waals surface area contributed by atoms with Crippen molar-refractivity contribution >= 4 is 17.0 Å². The minimum absolute atomic E-state index is 0.656. The summed E-state index contributed by atoms with van der Waals surface area (Å²) in [5.41, 5.74) is 2.79. The van der Waals surface area contributed by atoms with E-state index in [-0.39, 0.29) is 0 Å². The zero-order valence-corrected chi connectivity index (χ0v) is 11.7. The van der Waals surface area contributed by atoms with E-state index in [9.17, 15) is 0 Å². The molecule has 3 nitrogen and oxygen atoms in total. The molecule has 0 bridgehead atoms. The number of aromatic nitrogens is 1. The Morgan fingerprint density at radius 1 is 1.32 bits per heavy atom. The van der Waals surface area contributed by atoms with Crippen molar-refractivity contribution in [3.05, 3.63) is 46.4 Å². The molecule has 0 amide bonds. The van der Waals surface area contributed by atoms with Crippen LogP contribution >= 0.6 is 11.3 Å². The van der Waals surface area contributed by atoms with E-state index >= 15 is 0 Å². The standard InChI is InChI=1S/C15H19N3S/c1-2-4-14-13(3-1)12(11-18-14)5-7-16-8-6-15-17-9-10-19-15/h1-4,9-10,12,16,18H,5-8,11H2. The number of benzene rings is 1. The summed E-state index contributed by atoms with van der Waals surface area (Å²) in [4.78, 5) is 4.29. The largest absolute Gasteiger partial charge is 0.384 e. The molecular weight excluding hydrogens is 254 g/mol. The molecule has 1 aliphatic heterocycles. The third-order valence-corrected chi connectivity index (χ3v) is 4.45. The summed E-state index contributed by atoms with van der Waals surface area (Å²) < 4.78 is 0. The highest BCUT2D eigenvalue weighted by molar-refractivity contribution is 7.09. The van der Waals surface area contributed by atoms with Crippen LogP contribution in [0.4, 0.5) is 5.69 Å². The normalized spacial score (nSPS) is 17.2. The van der Waals surface area contributed by atoms with E-state index < -0.39 is 0 Å². The van der Waals surface area contributed by atoms with E-state index in [1.165, 1.54) is 22.7 Å². The maximum absolute atomic E-state index is 4.29. The van der Waals surface area contributed by atoms with Crippen molar-refractivity contribution in [3.8, 4) is 0 Å². The fraction of sp³-hybridized carbons (Fsp3) is 0.400. The van der Waals surface area contributed by atoms with E-state index in [1.54, 1.807) is 11.3 Å². The van der Waals surface area contributed by atoms with Crippen LogP contribution in [0.15, 0.2) is 35.8 Å². The Kier molecular flexibility index (Phi) is 4.10. The first kappa shape index (κ1) is 12.6. The molecule has 1 aliphatic rings. The van der Waals surface area contributed by atoms with Crippen molar-refractivity contribution in [2.45, 2.75) is 18.8 Å². The number of para-hydroxylation sites is 1. The van der Waals surface area contributed by atoms with Crippen LogP contribution in [0.25, 0.3) is 0 Å². The summed E-state index contributed by atoms with van der Waals surface area (Å²) >= 11 is 1.74. The Morgan fingerprint density at radius 3 is 3.16 bits per heavy atom. The van der Waals surface area contributed by atoms with Gasteiger partial charge in [-0.05, 0) is 24.6 Å². The van der Waals surface area contributed by atoms with Gasteiger partial charge in [0.15, 0.2) is 0 Å². The fourth-order valence-corrected chi connectivity index (χ4v) is 3.21. The van der Waals surface area contributed by atoms with Crippen LogP contribution in [0.2, 0.25) is 0 Å². The Bertz CT molecular complexity index is 510. The third-order valence-electron chi connectivity index (χ3n) is 3.61. The Balaban J connectivity index is 1.39. The number of nitrogens with zero attached hydrogens (tertiary/aromatic N) is 1. The van der Waals surface area contributed by atoms with Crippen LogP contribution < -0.4 is 10.6 Å². The van der Waals surface area contributed by atoms with E-state index in [0.29, 0.717) is 5.92 Å². The Morgan fingerprint density at radius 2 is 2.26 bits per heavy atom. The van der Waals surface area contributed by atoms with Gasteiger partial charge in [0.1, 0.15) is 0 Å². The van der Waals surface area contributed by atoms with Crippen LogP contribution in [0.5, 0.6) is 0 Å². The molecule has 0 saturated heterocycles. The van der Waals surface area contributed by atoms with Gasteiger partial charge in [0, 0.05) is 42.7 Å². The van der Waals surface area contributed by atoms with E-state index in [0.717, 1.165) is 26.1 Å². The molecule has 0 spiro atoms. The second kappa shape index (κ2) is 6.17. The molecule has 4 heteroatoms. The van der Waals surface area contributed by atoms with Gasteiger partial charge in [0.05, 0.1) is 5.01 Å². The highest BCUT2D eigenvalue weighted by atomic mass is 32.1. The Labute approximate surface area is 118 Å². The van der Waals surface area contributed by atoms with Gasteiger partial charge in [-0.25, -0.2) is 4.98 Å². The quantitative estimate of drug-likeness (QED) is 0.795. The highest BCUT2D eigenvalue weighted by Gasteiger charge is 2.20. The molecule has 100 valence electrons. The van der Waals surface area contributed by atoms with Gasteiger partial charge >= 0.3 is 0 Å². The first-order valence-corrected chi connectivity index (χ1v) is 7.73. The van der Waals surface area contributed by atoms with Crippen molar-refractivity contribution in [2.75, 3.05) is 25.0 Å². The smallest absolute Gasteiger partial charge is 0.0937 e.